The predicted molar refractivity (Wildman–Crippen MR) is 84.2 cm³/mol. The Bertz CT molecular complexity index is 660. The highest BCUT2D eigenvalue weighted by Gasteiger charge is 2.27. The van der Waals surface area contributed by atoms with Crippen LogP contribution in [0.1, 0.15) is 30.5 Å². The topological polar surface area (TPSA) is 92.6 Å². The molecule has 0 spiro atoms. The summed E-state index contributed by atoms with van der Waals surface area (Å²) < 4.78 is 24.9. The SMILES string of the molecule is Cc1c(C(C)NCCN2CCCS2(=O)=O)cccc1[N+](=O)[O-]. The molecule has 122 valence electrons. The van der Waals surface area contributed by atoms with Crippen molar-refractivity contribution in [2.24, 2.45) is 0 Å². The number of rotatable bonds is 6. The third-order valence-corrected chi connectivity index (χ3v) is 5.98. The quantitative estimate of drug-likeness (QED) is 0.632. The van der Waals surface area contributed by atoms with Gasteiger partial charge in [0.2, 0.25) is 10.0 Å². The van der Waals surface area contributed by atoms with E-state index in [0.29, 0.717) is 31.6 Å². The zero-order valence-electron chi connectivity index (χ0n) is 12.8. The minimum Gasteiger partial charge on any atom is -0.309 e. The van der Waals surface area contributed by atoms with Crippen molar-refractivity contribution in [2.45, 2.75) is 26.3 Å². The average molecular weight is 327 g/mol. The maximum absolute atomic E-state index is 11.7. The lowest BCUT2D eigenvalue weighted by molar-refractivity contribution is -0.385. The Morgan fingerprint density at radius 3 is 2.77 bits per heavy atom. The van der Waals surface area contributed by atoms with Crippen LogP contribution in [-0.2, 0) is 10.0 Å². The van der Waals surface area contributed by atoms with Gasteiger partial charge in [0, 0.05) is 37.3 Å². The van der Waals surface area contributed by atoms with Crippen LogP contribution in [0.3, 0.4) is 0 Å². The molecular weight excluding hydrogens is 306 g/mol. The van der Waals surface area contributed by atoms with E-state index >= 15 is 0 Å². The van der Waals surface area contributed by atoms with Crippen LogP contribution in [0.2, 0.25) is 0 Å². The minimum atomic E-state index is -3.07. The van der Waals surface area contributed by atoms with Crippen molar-refractivity contribution in [3.05, 3.63) is 39.4 Å². The molecule has 8 heteroatoms. The first-order valence-corrected chi connectivity index (χ1v) is 8.89. The van der Waals surface area contributed by atoms with Crippen molar-refractivity contribution in [3.8, 4) is 0 Å². The summed E-state index contributed by atoms with van der Waals surface area (Å²) >= 11 is 0. The predicted octanol–water partition coefficient (Wildman–Crippen LogP) is 1.59. The van der Waals surface area contributed by atoms with E-state index in [-0.39, 0.29) is 22.4 Å². The molecule has 1 aliphatic rings. The minimum absolute atomic E-state index is 0.0785. The molecule has 1 aliphatic heterocycles. The number of nitrogens with one attached hydrogen (secondary N) is 1. The van der Waals surface area contributed by atoms with Crippen molar-refractivity contribution in [1.82, 2.24) is 9.62 Å². The second-order valence-corrected chi connectivity index (χ2v) is 7.58. The number of nitrogens with zero attached hydrogens (tertiary/aromatic N) is 2. The van der Waals surface area contributed by atoms with Gasteiger partial charge < -0.3 is 5.32 Å². The van der Waals surface area contributed by atoms with Gasteiger partial charge in [0.05, 0.1) is 10.7 Å². The van der Waals surface area contributed by atoms with Gasteiger partial charge >= 0.3 is 0 Å². The van der Waals surface area contributed by atoms with Crippen molar-refractivity contribution < 1.29 is 13.3 Å². The van der Waals surface area contributed by atoms with Gasteiger partial charge in [-0.15, -0.1) is 0 Å². The molecule has 1 aromatic rings. The summed E-state index contributed by atoms with van der Waals surface area (Å²) in [5.41, 5.74) is 1.60. The molecule has 0 bridgehead atoms. The molecule has 0 aliphatic carbocycles. The number of nitro benzene ring substituents is 1. The molecule has 1 unspecified atom stereocenters. The van der Waals surface area contributed by atoms with Gasteiger partial charge in [-0.05, 0) is 25.8 Å². The highest BCUT2D eigenvalue weighted by atomic mass is 32.2. The number of sulfonamides is 1. The standard InChI is InChI=1S/C14H21N3O4S/c1-11-13(5-3-6-14(11)17(18)19)12(2)15-7-9-16-8-4-10-22(16,20)21/h3,5-6,12,15H,4,7-10H2,1-2H3. The maximum atomic E-state index is 11.7. The van der Waals surface area contributed by atoms with Gasteiger partial charge in [0.1, 0.15) is 0 Å². The first-order valence-electron chi connectivity index (χ1n) is 7.28. The fraction of sp³-hybridized carbons (Fsp3) is 0.571. The van der Waals surface area contributed by atoms with Gasteiger partial charge in [-0.1, -0.05) is 12.1 Å². The third-order valence-electron chi connectivity index (χ3n) is 4.03. The van der Waals surface area contributed by atoms with Gasteiger partial charge in [0.15, 0.2) is 0 Å². The van der Waals surface area contributed by atoms with Crippen molar-refractivity contribution in [1.29, 1.82) is 0 Å². The molecule has 1 aromatic carbocycles. The van der Waals surface area contributed by atoms with Crippen molar-refractivity contribution >= 4 is 15.7 Å². The largest absolute Gasteiger partial charge is 0.309 e. The molecule has 1 atom stereocenters. The Labute approximate surface area is 130 Å². The van der Waals surface area contributed by atoms with E-state index in [1.165, 1.54) is 10.4 Å². The highest BCUT2D eigenvalue weighted by Crippen LogP contribution is 2.25. The fourth-order valence-corrected chi connectivity index (χ4v) is 4.29. The van der Waals surface area contributed by atoms with Crippen LogP contribution in [-0.4, -0.2) is 43.0 Å². The van der Waals surface area contributed by atoms with Crippen molar-refractivity contribution in [3.63, 3.8) is 0 Å². The molecule has 22 heavy (non-hydrogen) atoms. The molecule has 0 radical (unpaired) electrons. The van der Waals surface area contributed by atoms with Gasteiger partial charge in [0.25, 0.3) is 5.69 Å². The highest BCUT2D eigenvalue weighted by molar-refractivity contribution is 7.89. The second kappa shape index (κ2) is 6.72. The first-order chi connectivity index (χ1) is 10.3. The van der Waals surface area contributed by atoms with Crippen LogP contribution in [0.5, 0.6) is 0 Å². The summed E-state index contributed by atoms with van der Waals surface area (Å²) in [6.45, 7) is 5.18. The summed E-state index contributed by atoms with van der Waals surface area (Å²) in [5, 5.41) is 14.2. The summed E-state index contributed by atoms with van der Waals surface area (Å²) in [7, 11) is -3.07. The Morgan fingerprint density at radius 2 is 2.18 bits per heavy atom. The van der Waals surface area contributed by atoms with Crippen LogP contribution >= 0.6 is 0 Å². The second-order valence-electron chi connectivity index (χ2n) is 5.49. The molecule has 1 fully saturated rings. The van der Waals surface area contributed by atoms with E-state index in [2.05, 4.69) is 5.32 Å². The molecule has 7 nitrogen and oxygen atoms in total. The van der Waals surface area contributed by atoms with E-state index in [0.717, 1.165) is 5.56 Å². The molecule has 1 saturated heterocycles. The Balaban J connectivity index is 1.97. The summed E-state index contributed by atoms with van der Waals surface area (Å²) in [4.78, 5) is 10.6. The van der Waals surface area contributed by atoms with Crippen LogP contribution in [0, 0.1) is 17.0 Å². The molecule has 1 N–H and O–H groups in total. The number of hydrogen-bond acceptors (Lipinski definition) is 5. The zero-order chi connectivity index (χ0) is 16.3. The maximum Gasteiger partial charge on any atom is 0.272 e. The summed E-state index contributed by atoms with van der Waals surface area (Å²) in [6, 6.07) is 4.93. The third kappa shape index (κ3) is 3.63. The van der Waals surface area contributed by atoms with Crippen LogP contribution in [0.15, 0.2) is 18.2 Å². The van der Waals surface area contributed by atoms with Crippen LogP contribution in [0.4, 0.5) is 5.69 Å². The molecule has 2 rings (SSSR count). The fourth-order valence-electron chi connectivity index (χ4n) is 2.77. The number of nitro groups is 1. The molecular formula is C14H21N3O4S. The van der Waals surface area contributed by atoms with Crippen LogP contribution in [0.25, 0.3) is 0 Å². The normalized spacial score (nSPS) is 19.2. The Hall–Kier alpha value is -1.51. The summed E-state index contributed by atoms with van der Waals surface area (Å²) in [5.74, 6) is 0.229. The Morgan fingerprint density at radius 1 is 1.45 bits per heavy atom. The van der Waals surface area contributed by atoms with Crippen LogP contribution < -0.4 is 5.32 Å². The molecule has 0 aromatic heterocycles. The van der Waals surface area contributed by atoms with E-state index in [1.54, 1.807) is 13.0 Å². The lowest BCUT2D eigenvalue weighted by Gasteiger charge is -2.19. The zero-order valence-corrected chi connectivity index (χ0v) is 13.6. The monoisotopic (exact) mass is 327 g/mol. The molecule has 0 saturated carbocycles. The average Bonchev–Trinajstić information content (AvgIpc) is 2.77. The van der Waals surface area contributed by atoms with Crippen molar-refractivity contribution in [2.75, 3.05) is 25.4 Å². The number of hydrogen-bond donors (Lipinski definition) is 1. The lowest BCUT2D eigenvalue weighted by atomic mass is 10.0. The smallest absolute Gasteiger partial charge is 0.272 e. The molecule has 0 amide bonds. The van der Waals surface area contributed by atoms with E-state index in [1.807, 2.05) is 13.0 Å². The summed E-state index contributed by atoms with van der Waals surface area (Å²) in [6.07, 6.45) is 0.682. The Kier molecular flexibility index (Phi) is 5.15. The lowest BCUT2D eigenvalue weighted by Crippen LogP contribution is -2.34. The van der Waals surface area contributed by atoms with Gasteiger partial charge in [-0.25, -0.2) is 12.7 Å². The van der Waals surface area contributed by atoms with E-state index < -0.39 is 10.0 Å². The van der Waals surface area contributed by atoms with Gasteiger partial charge in [-0.3, -0.25) is 10.1 Å². The van der Waals surface area contributed by atoms with E-state index in [4.69, 9.17) is 0 Å². The first kappa shape index (κ1) is 16.9. The van der Waals surface area contributed by atoms with Gasteiger partial charge in [-0.2, -0.15) is 0 Å². The number of benzene rings is 1. The molecule has 1 heterocycles. The van der Waals surface area contributed by atoms with E-state index in [9.17, 15) is 18.5 Å².